The Kier molecular flexibility index (Phi) is 15.3. The van der Waals surface area contributed by atoms with Gasteiger partial charge in [0.2, 0.25) is 0 Å². The van der Waals surface area contributed by atoms with E-state index in [1.165, 1.54) is 55.8 Å². The number of methoxy groups -OCH3 is 4. The van der Waals surface area contributed by atoms with Gasteiger partial charge >= 0.3 is 29.9 Å². The molecule has 6 saturated carbocycles. The van der Waals surface area contributed by atoms with Crippen LogP contribution >= 0.6 is 24.8 Å². The van der Waals surface area contributed by atoms with Gasteiger partial charge in [0, 0.05) is 30.8 Å². The van der Waals surface area contributed by atoms with Crippen LogP contribution in [-0.2, 0) is 28.5 Å². The number of urea groups is 1. The molecule has 0 unspecified atom stereocenters. The van der Waals surface area contributed by atoms with E-state index in [2.05, 4.69) is 35.5 Å². The second-order valence-electron chi connectivity index (χ2n) is 15.8. The van der Waals surface area contributed by atoms with Crippen molar-refractivity contribution in [2.75, 3.05) is 52.6 Å². The van der Waals surface area contributed by atoms with Crippen LogP contribution in [-0.4, -0.2) is 101 Å². The second kappa shape index (κ2) is 19.4. The number of ether oxygens (including phenoxy) is 4. The zero-order valence-corrected chi connectivity index (χ0v) is 35.8. The van der Waals surface area contributed by atoms with Crippen LogP contribution in [0.2, 0.25) is 0 Å². The van der Waals surface area contributed by atoms with Gasteiger partial charge < -0.3 is 35.7 Å². The third-order valence-corrected chi connectivity index (χ3v) is 12.9. The molecule has 2 amide bonds. The van der Waals surface area contributed by atoms with E-state index >= 15 is 0 Å². The van der Waals surface area contributed by atoms with Crippen molar-refractivity contribution in [3.8, 4) is 0 Å². The number of carbonyl (C=O) groups excluding carboxylic acids is 5. The van der Waals surface area contributed by atoms with Crippen molar-refractivity contribution in [3.05, 3.63) is 48.0 Å². The number of carbonyl (C=O) groups is 5. The molecular formula is C39H54Cl2N10O9. The number of esters is 4. The van der Waals surface area contributed by atoms with Crippen molar-refractivity contribution in [3.63, 3.8) is 0 Å². The van der Waals surface area contributed by atoms with Gasteiger partial charge in [0.05, 0.1) is 51.7 Å². The topological polar surface area (TPSA) is 259 Å². The Morgan fingerprint density at radius 2 is 1.08 bits per heavy atom. The van der Waals surface area contributed by atoms with Gasteiger partial charge in [-0.15, -0.1) is 24.8 Å². The highest BCUT2D eigenvalue weighted by Gasteiger charge is 2.53. The number of hydrogen-bond donors (Lipinski definition) is 4. The lowest BCUT2D eigenvalue weighted by molar-refractivity contribution is -0.163. The predicted molar refractivity (Wildman–Crippen MR) is 223 cm³/mol. The van der Waals surface area contributed by atoms with Crippen LogP contribution < -0.4 is 22.1 Å². The van der Waals surface area contributed by atoms with E-state index in [0.29, 0.717) is 34.9 Å². The van der Waals surface area contributed by atoms with Crippen molar-refractivity contribution < 1.29 is 42.9 Å². The summed E-state index contributed by atoms with van der Waals surface area (Å²) in [7, 11) is 5.50. The van der Waals surface area contributed by atoms with Crippen LogP contribution in [0.5, 0.6) is 0 Å². The molecule has 0 saturated heterocycles. The molecule has 4 aromatic heterocycles. The summed E-state index contributed by atoms with van der Waals surface area (Å²) < 4.78 is 22.0. The number of nitrogens with two attached hydrogens (primary N) is 2. The van der Waals surface area contributed by atoms with Crippen molar-refractivity contribution in [1.82, 2.24) is 34.5 Å². The molecule has 10 rings (SSSR count). The third kappa shape index (κ3) is 9.52. The summed E-state index contributed by atoms with van der Waals surface area (Å²) in [6.45, 7) is 1.30. The van der Waals surface area contributed by atoms with Gasteiger partial charge in [0.1, 0.15) is 11.6 Å². The summed E-state index contributed by atoms with van der Waals surface area (Å²) >= 11 is 0. The zero-order chi connectivity index (χ0) is 41.7. The Morgan fingerprint density at radius 3 is 1.53 bits per heavy atom. The lowest BCUT2D eigenvalue weighted by atomic mass is 9.53. The fourth-order valence-corrected chi connectivity index (χ4v) is 8.93. The van der Waals surface area contributed by atoms with Gasteiger partial charge in [-0.25, -0.2) is 24.4 Å². The Hall–Kier alpha value is -5.27. The minimum Gasteiger partial charge on any atom is -0.469 e. The van der Waals surface area contributed by atoms with Crippen LogP contribution in [0, 0.1) is 21.7 Å². The molecule has 6 aliphatic rings. The smallest absolute Gasteiger partial charge is 0.356 e. The quantitative estimate of drug-likeness (QED) is 0.140. The fraction of sp³-hybridized carbons (Fsp3) is 0.564. The van der Waals surface area contributed by atoms with Gasteiger partial charge in [0.25, 0.3) is 0 Å². The van der Waals surface area contributed by atoms with E-state index in [0.717, 1.165) is 83.6 Å². The summed E-state index contributed by atoms with van der Waals surface area (Å²) in [6, 6.07) is 5.75. The van der Waals surface area contributed by atoms with E-state index in [4.69, 9.17) is 25.7 Å². The first-order chi connectivity index (χ1) is 27.8. The number of fused-ring (bicyclic) bond motifs is 8. The SMILES string of the molecule is COC(=O)C12CCC(CN)(CC1)CC2.COC(=O)c1cc(N)n2nccc2n1.COC(=O)c1cc(NC(=O)NCC23CCC(C(=O)OC)(CC2)CC3)n2nccc2n1.Cl.Cl. The minimum atomic E-state index is -0.598. The van der Waals surface area contributed by atoms with Gasteiger partial charge in [-0.1, -0.05) is 0 Å². The summed E-state index contributed by atoms with van der Waals surface area (Å²) in [5, 5.41) is 13.7. The van der Waals surface area contributed by atoms with Crippen LogP contribution in [0.1, 0.15) is 98.0 Å². The predicted octanol–water partition coefficient (Wildman–Crippen LogP) is 4.55. The number of nitrogen functional groups attached to an aromatic ring is 1. The van der Waals surface area contributed by atoms with Gasteiger partial charge in [-0.2, -0.15) is 19.2 Å². The Bertz CT molecular complexity index is 2150. The molecular weight excluding hydrogens is 823 g/mol. The highest BCUT2D eigenvalue weighted by Crippen LogP contribution is 2.58. The first-order valence-corrected chi connectivity index (χ1v) is 19.3. The molecule has 6 fully saturated rings. The molecule has 6 N–H and O–H groups in total. The average molecular weight is 878 g/mol. The van der Waals surface area contributed by atoms with Crippen molar-refractivity contribution >= 4 is 77.7 Å². The number of nitrogens with one attached hydrogen (secondary N) is 2. The molecule has 4 heterocycles. The van der Waals surface area contributed by atoms with Crippen LogP contribution in [0.15, 0.2) is 36.7 Å². The summed E-state index contributed by atoms with van der Waals surface area (Å²) in [5.74, 6) is -0.551. The fourth-order valence-electron chi connectivity index (χ4n) is 8.93. The van der Waals surface area contributed by atoms with Crippen molar-refractivity contribution in [2.45, 2.75) is 77.0 Å². The molecule has 19 nitrogen and oxygen atoms in total. The van der Waals surface area contributed by atoms with Gasteiger partial charge in [0.15, 0.2) is 22.7 Å². The largest absolute Gasteiger partial charge is 0.469 e. The number of hydrogen-bond acceptors (Lipinski definition) is 15. The normalized spacial score (nSPS) is 24.5. The third-order valence-electron chi connectivity index (χ3n) is 12.9. The molecule has 0 radical (unpaired) electrons. The molecule has 60 heavy (non-hydrogen) atoms. The van der Waals surface area contributed by atoms with E-state index < -0.39 is 18.0 Å². The van der Waals surface area contributed by atoms with E-state index in [-0.39, 0.29) is 64.4 Å². The summed E-state index contributed by atoms with van der Waals surface area (Å²) in [5.41, 5.74) is 12.5. The zero-order valence-electron chi connectivity index (χ0n) is 34.2. The number of halogens is 2. The standard InChI is InChI=1S/C20H25N5O5.C11H19NO2.C8H8N4O2.2ClH/c1-29-16(26)13-11-15(25-14(23-13)3-10-22-25)24-18(28)21-12-19-4-7-20(8-5-19,9-6-19)17(27)30-2;1-14-9(13)11-5-2-10(8-12,3-6-11)4-7-11;1-14-8(13)5-4-6(9)12-7(11-5)2-3-10-12;;/h3,10-11H,4-9,12H2,1-2H3,(H2,21,24,28);2-8,12H2,1H3;2-4H,9H2,1H3;2*1H. The maximum Gasteiger partial charge on any atom is 0.356 e. The molecule has 4 aromatic rings. The molecule has 0 aromatic carbocycles. The second-order valence-corrected chi connectivity index (χ2v) is 15.8. The average Bonchev–Trinajstić information content (AvgIpc) is 3.97. The van der Waals surface area contributed by atoms with Gasteiger partial charge in [-0.3, -0.25) is 14.9 Å². The summed E-state index contributed by atoms with van der Waals surface area (Å²) in [4.78, 5) is 67.6. The molecule has 0 atom stereocenters. The van der Waals surface area contributed by atoms with Crippen LogP contribution in [0.25, 0.3) is 11.3 Å². The Morgan fingerprint density at radius 1 is 0.650 bits per heavy atom. The number of anilines is 2. The maximum atomic E-state index is 12.6. The Labute approximate surface area is 359 Å². The number of amides is 2. The maximum absolute atomic E-state index is 12.6. The lowest BCUT2D eigenvalue weighted by Crippen LogP contribution is -2.51. The highest BCUT2D eigenvalue weighted by atomic mass is 35.5. The first-order valence-electron chi connectivity index (χ1n) is 19.3. The van der Waals surface area contributed by atoms with Crippen molar-refractivity contribution in [1.29, 1.82) is 0 Å². The Balaban J connectivity index is 0.000000221. The van der Waals surface area contributed by atoms with Crippen LogP contribution in [0.3, 0.4) is 0 Å². The number of nitrogens with zero attached hydrogens (tertiary/aromatic N) is 6. The number of rotatable bonds is 8. The molecule has 4 bridgehead atoms. The first kappa shape index (κ1) is 47.4. The molecule has 21 heteroatoms. The lowest BCUT2D eigenvalue weighted by Gasteiger charge is -2.51. The van der Waals surface area contributed by atoms with E-state index in [9.17, 15) is 24.0 Å². The summed E-state index contributed by atoms with van der Waals surface area (Å²) in [6.07, 6.45) is 14.4. The minimum absolute atomic E-state index is 0. The van der Waals surface area contributed by atoms with Gasteiger partial charge in [-0.05, 0) is 94.4 Å². The van der Waals surface area contributed by atoms with Crippen LogP contribution in [0.4, 0.5) is 16.4 Å². The van der Waals surface area contributed by atoms with E-state index in [1.54, 1.807) is 18.3 Å². The number of aromatic nitrogens is 6. The highest BCUT2D eigenvalue weighted by molar-refractivity contribution is 5.92. The molecule has 0 aliphatic heterocycles. The van der Waals surface area contributed by atoms with E-state index in [1.807, 2.05) is 0 Å². The molecule has 0 spiro atoms. The van der Waals surface area contributed by atoms with Crippen molar-refractivity contribution in [2.24, 2.45) is 27.4 Å². The molecule has 328 valence electrons. The molecule has 6 aliphatic carbocycles. The monoisotopic (exact) mass is 876 g/mol.